The second-order valence-corrected chi connectivity index (χ2v) is 15.2. The van der Waals surface area contributed by atoms with Crippen LogP contribution >= 0.6 is 0 Å². The number of fused-ring (bicyclic) bond motifs is 4. The Morgan fingerprint density at radius 1 is 1.10 bits per heavy atom. The van der Waals surface area contributed by atoms with Gasteiger partial charge < -0.3 is 14.7 Å². The summed E-state index contributed by atoms with van der Waals surface area (Å²) in [6.45, 7) is 6.25. The summed E-state index contributed by atoms with van der Waals surface area (Å²) >= 11 is 0. The molecule has 4 atom stereocenters. The van der Waals surface area contributed by atoms with E-state index in [1.807, 2.05) is 19.9 Å². The lowest BCUT2D eigenvalue weighted by Gasteiger charge is -2.31. The van der Waals surface area contributed by atoms with Gasteiger partial charge in [-0.25, -0.2) is 17.9 Å². The summed E-state index contributed by atoms with van der Waals surface area (Å²) in [5.74, 6) is -0.458. The molecule has 0 radical (unpaired) electrons. The van der Waals surface area contributed by atoms with Gasteiger partial charge in [0.25, 0.3) is 0 Å². The molecular formula is C39H40F3N7O3. The largest absolute Gasteiger partial charge is 0.508 e. The van der Waals surface area contributed by atoms with Crippen molar-refractivity contribution in [3.8, 4) is 23.0 Å². The summed E-state index contributed by atoms with van der Waals surface area (Å²) in [5, 5.41) is 16.4. The normalized spacial score (nSPS) is 24.7. The number of carbonyl (C=O) groups excluding carboxylic acids is 1. The van der Waals surface area contributed by atoms with Gasteiger partial charge in [0.1, 0.15) is 41.4 Å². The van der Waals surface area contributed by atoms with Crippen molar-refractivity contribution in [1.29, 1.82) is 0 Å². The predicted molar refractivity (Wildman–Crippen MR) is 189 cm³/mol. The molecule has 1 aliphatic carbocycles. The third kappa shape index (κ3) is 5.38. The van der Waals surface area contributed by atoms with Crippen LogP contribution in [-0.4, -0.2) is 85.1 Å². The van der Waals surface area contributed by atoms with Gasteiger partial charge in [0.2, 0.25) is 5.91 Å². The zero-order chi connectivity index (χ0) is 35.9. The van der Waals surface area contributed by atoms with E-state index in [1.54, 1.807) is 12.3 Å². The molecule has 5 aromatic rings. The SMILES string of the molecule is CCc1c(F)ccc2cc(O)cc(-c3ncc4c(N5C[C@H]6CC(C(=O)n7ccc(C)n7)C[C@@H]6C5)nc(OC[C@@]56CCCN5C[C@H](F)C6)nc4c3F)c12. The molecule has 1 N–H and O–H groups in total. The van der Waals surface area contributed by atoms with E-state index in [4.69, 9.17) is 9.72 Å². The first-order valence-electron chi connectivity index (χ1n) is 18.2. The first-order chi connectivity index (χ1) is 25.1. The molecule has 1 saturated carbocycles. The van der Waals surface area contributed by atoms with Gasteiger partial charge in [-0.15, -0.1) is 0 Å². The van der Waals surface area contributed by atoms with Crippen molar-refractivity contribution in [1.82, 2.24) is 29.6 Å². The molecule has 4 aliphatic rings. The minimum absolute atomic E-state index is 0.00405. The van der Waals surface area contributed by atoms with E-state index in [0.29, 0.717) is 72.9 Å². The number of aromatic hydroxyl groups is 1. The van der Waals surface area contributed by atoms with Gasteiger partial charge in [0.05, 0.1) is 16.6 Å². The Labute approximate surface area is 298 Å². The quantitative estimate of drug-likeness (QED) is 0.198. The minimum atomic E-state index is -0.935. The maximum Gasteiger partial charge on any atom is 0.319 e. The molecule has 6 heterocycles. The lowest BCUT2D eigenvalue weighted by Crippen LogP contribution is -2.43. The maximum atomic E-state index is 17.0. The summed E-state index contributed by atoms with van der Waals surface area (Å²) in [5.41, 5.74) is 0.906. The number of hydrogen-bond acceptors (Lipinski definition) is 9. The van der Waals surface area contributed by atoms with Crippen LogP contribution in [0.4, 0.5) is 19.0 Å². The van der Waals surface area contributed by atoms with E-state index < -0.39 is 23.3 Å². The summed E-state index contributed by atoms with van der Waals surface area (Å²) in [6, 6.07) is 7.65. The van der Waals surface area contributed by atoms with Crippen molar-refractivity contribution in [3.05, 3.63) is 65.6 Å². The van der Waals surface area contributed by atoms with Gasteiger partial charge in [-0.3, -0.25) is 14.7 Å². The number of benzene rings is 2. The number of phenolic OH excluding ortho intramolecular Hbond substituents is 1. The molecule has 3 aliphatic heterocycles. The van der Waals surface area contributed by atoms with Crippen LogP contribution in [0.1, 0.15) is 55.1 Å². The highest BCUT2D eigenvalue weighted by molar-refractivity contribution is 6.01. The van der Waals surface area contributed by atoms with Crippen LogP contribution in [0.2, 0.25) is 0 Å². The number of ether oxygens (including phenoxy) is 1. The van der Waals surface area contributed by atoms with E-state index in [1.165, 1.54) is 29.1 Å². The van der Waals surface area contributed by atoms with Crippen molar-refractivity contribution < 1.29 is 27.8 Å². The Balaban J connectivity index is 1.10. The van der Waals surface area contributed by atoms with Crippen LogP contribution in [-0.2, 0) is 6.42 Å². The van der Waals surface area contributed by atoms with E-state index in [0.717, 1.165) is 25.1 Å². The maximum absolute atomic E-state index is 17.0. The molecule has 0 unspecified atom stereocenters. The average molecular weight is 712 g/mol. The topological polar surface area (TPSA) is 110 Å². The van der Waals surface area contributed by atoms with Crippen LogP contribution in [0, 0.1) is 36.3 Å². The zero-order valence-electron chi connectivity index (χ0n) is 29.2. The molecule has 4 fully saturated rings. The van der Waals surface area contributed by atoms with Crippen molar-refractivity contribution in [3.63, 3.8) is 0 Å². The van der Waals surface area contributed by atoms with Crippen molar-refractivity contribution in [2.24, 2.45) is 17.8 Å². The molecule has 2 aromatic carbocycles. The molecule has 52 heavy (non-hydrogen) atoms. The number of rotatable bonds is 7. The van der Waals surface area contributed by atoms with Gasteiger partial charge >= 0.3 is 6.01 Å². The highest BCUT2D eigenvalue weighted by Crippen LogP contribution is 2.46. The first kappa shape index (κ1) is 33.1. The average Bonchev–Trinajstić information content (AvgIpc) is 3.94. The molecule has 9 rings (SSSR count). The lowest BCUT2D eigenvalue weighted by atomic mass is 9.94. The number of nitrogens with zero attached hydrogens (tertiary/aromatic N) is 7. The van der Waals surface area contributed by atoms with Crippen molar-refractivity contribution in [2.45, 2.75) is 64.1 Å². The fourth-order valence-corrected chi connectivity index (χ4v) is 9.59. The van der Waals surface area contributed by atoms with Gasteiger partial charge in [0, 0.05) is 49.9 Å². The number of phenols is 1. The van der Waals surface area contributed by atoms with E-state index in [-0.39, 0.29) is 58.8 Å². The molecule has 0 amide bonds. The monoisotopic (exact) mass is 711 g/mol. The Morgan fingerprint density at radius 2 is 1.90 bits per heavy atom. The standard InChI is InChI=1S/C39H40F3N7O3/c1-3-28-31(41)6-5-22-13-27(50)14-29(32(22)28)34-33(42)35-30(16-43-34)36(45-38(44-35)52-20-39-8-4-9-48(39)19-26(40)15-39)47-17-24-11-23(12-25(24)18-47)37(51)49-10-7-21(2)46-49/h5-7,10,13-14,16,23-26,50H,3-4,8-9,11-12,15,17-20H2,1-2H3/t24-,25-,26-,39+/m1/s1. The summed E-state index contributed by atoms with van der Waals surface area (Å²) in [4.78, 5) is 31.5. The second kappa shape index (κ2) is 12.4. The number of alkyl halides is 1. The first-order valence-corrected chi connectivity index (χ1v) is 18.2. The molecule has 10 nitrogen and oxygen atoms in total. The Morgan fingerprint density at radius 3 is 2.65 bits per heavy atom. The number of halogens is 3. The van der Waals surface area contributed by atoms with Crippen LogP contribution < -0.4 is 9.64 Å². The summed E-state index contributed by atoms with van der Waals surface area (Å²) < 4.78 is 54.4. The highest BCUT2D eigenvalue weighted by Gasteiger charge is 2.50. The van der Waals surface area contributed by atoms with Crippen molar-refractivity contribution >= 4 is 33.4 Å². The number of aryl methyl sites for hydroxylation is 2. The number of pyridine rings is 1. The van der Waals surface area contributed by atoms with Gasteiger partial charge in [-0.2, -0.15) is 15.1 Å². The lowest BCUT2D eigenvalue weighted by molar-refractivity contribution is 0.0814. The molecule has 0 spiro atoms. The summed E-state index contributed by atoms with van der Waals surface area (Å²) in [7, 11) is 0. The van der Waals surface area contributed by atoms with Crippen LogP contribution in [0.15, 0.2) is 42.7 Å². The van der Waals surface area contributed by atoms with Gasteiger partial charge in [0.15, 0.2) is 5.82 Å². The number of hydrogen-bond donors (Lipinski definition) is 1. The molecular weight excluding hydrogens is 671 g/mol. The number of anilines is 1. The Hall–Kier alpha value is -4.78. The third-order valence-electron chi connectivity index (χ3n) is 12.0. The predicted octanol–water partition coefficient (Wildman–Crippen LogP) is 6.65. The van der Waals surface area contributed by atoms with Crippen LogP contribution in [0.5, 0.6) is 11.8 Å². The fourth-order valence-electron chi connectivity index (χ4n) is 9.59. The Bertz CT molecular complexity index is 2230. The molecule has 270 valence electrons. The molecule has 3 saturated heterocycles. The van der Waals surface area contributed by atoms with Crippen molar-refractivity contribution in [2.75, 3.05) is 37.7 Å². The zero-order valence-corrected chi connectivity index (χ0v) is 29.2. The molecule has 0 bridgehead atoms. The fraction of sp³-hybridized carbons (Fsp3) is 0.462. The van der Waals surface area contributed by atoms with Gasteiger partial charge in [-0.05, 0) is 98.0 Å². The number of carbonyl (C=O) groups is 1. The highest BCUT2D eigenvalue weighted by atomic mass is 19.1. The second-order valence-electron chi connectivity index (χ2n) is 15.2. The molecule has 3 aromatic heterocycles. The van der Waals surface area contributed by atoms with Crippen LogP contribution in [0.25, 0.3) is 32.9 Å². The van der Waals surface area contributed by atoms with Crippen LogP contribution in [0.3, 0.4) is 0 Å². The summed E-state index contributed by atoms with van der Waals surface area (Å²) in [6.07, 6.45) is 6.20. The minimum Gasteiger partial charge on any atom is -0.508 e. The van der Waals surface area contributed by atoms with E-state index >= 15 is 8.78 Å². The Kier molecular flexibility index (Phi) is 7.90. The van der Waals surface area contributed by atoms with E-state index in [9.17, 15) is 14.3 Å². The third-order valence-corrected chi connectivity index (χ3v) is 12.0. The smallest absolute Gasteiger partial charge is 0.319 e. The van der Waals surface area contributed by atoms with Gasteiger partial charge in [-0.1, -0.05) is 13.0 Å². The van der Waals surface area contributed by atoms with E-state index in [2.05, 4.69) is 24.9 Å². The molecule has 13 heteroatoms. The number of aromatic nitrogens is 5.